The number of rotatable bonds is 1. The highest BCUT2D eigenvalue weighted by Gasteiger charge is 2.42. The zero-order valence-electron chi connectivity index (χ0n) is 11.1. The summed E-state index contributed by atoms with van der Waals surface area (Å²) in [5.74, 6) is -4.49. The van der Waals surface area contributed by atoms with Crippen molar-refractivity contribution in [1.82, 2.24) is 4.90 Å². The number of imide groups is 1. The van der Waals surface area contributed by atoms with Gasteiger partial charge in [-0.15, -0.1) is 0 Å². The van der Waals surface area contributed by atoms with E-state index in [1.165, 1.54) is 0 Å². The van der Waals surface area contributed by atoms with Crippen LogP contribution in [0.2, 0.25) is 0 Å². The third-order valence-electron chi connectivity index (χ3n) is 2.75. The van der Waals surface area contributed by atoms with E-state index in [2.05, 4.69) is 0 Å². The van der Waals surface area contributed by atoms with Crippen molar-refractivity contribution in [3.8, 4) is 0 Å². The summed E-state index contributed by atoms with van der Waals surface area (Å²) in [5, 5.41) is 0. The first kappa shape index (κ1) is 14.9. The Morgan fingerprint density at radius 1 is 1.33 bits per heavy atom. The Balaban J connectivity index is 2.63. The summed E-state index contributed by atoms with van der Waals surface area (Å²) in [6, 6.07) is 0. The Hall–Kier alpha value is -1.20. The average molecular weight is 263 g/mol. The molecule has 0 aromatic rings. The van der Waals surface area contributed by atoms with Crippen molar-refractivity contribution in [2.45, 2.75) is 52.1 Å². The Morgan fingerprint density at radius 3 is 2.28 bits per heavy atom. The lowest BCUT2D eigenvalue weighted by Crippen LogP contribution is -2.47. The minimum atomic E-state index is -2.89. The van der Waals surface area contributed by atoms with E-state index in [1.54, 1.807) is 20.8 Å². The second-order valence-electron chi connectivity index (χ2n) is 5.67. The van der Waals surface area contributed by atoms with Gasteiger partial charge in [-0.2, -0.15) is 0 Å². The maximum Gasteiger partial charge on any atom is 0.417 e. The Kier molecular flexibility index (Phi) is 3.98. The van der Waals surface area contributed by atoms with Crippen LogP contribution in [0.4, 0.5) is 13.6 Å². The van der Waals surface area contributed by atoms with Gasteiger partial charge in [0.15, 0.2) is 0 Å². The first-order valence-electron chi connectivity index (χ1n) is 5.92. The van der Waals surface area contributed by atoms with E-state index in [-0.39, 0.29) is 19.4 Å². The third-order valence-corrected chi connectivity index (χ3v) is 2.75. The van der Waals surface area contributed by atoms with Gasteiger partial charge < -0.3 is 4.74 Å². The number of piperidine rings is 1. The largest absolute Gasteiger partial charge is 0.443 e. The Labute approximate surface area is 105 Å². The van der Waals surface area contributed by atoms with Gasteiger partial charge >= 0.3 is 6.09 Å². The maximum atomic E-state index is 13.1. The highest BCUT2D eigenvalue weighted by molar-refractivity contribution is 5.92. The fraction of sp³-hybridized carbons (Fsp3) is 0.833. The minimum Gasteiger partial charge on any atom is -0.443 e. The van der Waals surface area contributed by atoms with Gasteiger partial charge in [0.25, 0.3) is 0 Å². The molecule has 1 fully saturated rings. The zero-order valence-corrected chi connectivity index (χ0v) is 11.1. The molecule has 1 atom stereocenters. The Morgan fingerprint density at radius 2 is 1.89 bits per heavy atom. The molecule has 1 saturated heterocycles. The highest BCUT2D eigenvalue weighted by Crippen LogP contribution is 2.33. The van der Waals surface area contributed by atoms with Crippen LogP contribution in [-0.4, -0.2) is 35.0 Å². The Bertz CT molecular complexity index is 344. The van der Waals surface area contributed by atoms with E-state index in [4.69, 9.17) is 4.74 Å². The van der Waals surface area contributed by atoms with Crippen LogP contribution >= 0.6 is 0 Å². The number of carbonyl (C=O) groups is 2. The van der Waals surface area contributed by atoms with Gasteiger partial charge in [0.1, 0.15) is 5.60 Å². The summed E-state index contributed by atoms with van der Waals surface area (Å²) in [6.07, 6.45) is -0.970. The van der Waals surface area contributed by atoms with Gasteiger partial charge in [-0.1, -0.05) is 0 Å². The van der Waals surface area contributed by atoms with Crippen molar-refractivity contribution in [3.63, 3.8) is 0 Å². The molecule has 0 saturated carbocycles. The summed E-state index contributed by atoms with van der Waals surface area (Å²) in [5.41, 5.74) is -0.705. The van der Waals surface area contributed by atoms with Crippen LogP contribution in [0.3, 0.4) is 0 Å². The molecule has 0 spiro atoms. The van der Waals surface area contributed by atoms with Crippen LogP contribution in [0.25, 0.3) is 0 Å². The number of carbonyl (C=O) groups excluding carboxylic acids is 2. The quantitative estimate of drug-likeness (QED) is 0.730. The van der Waals surface area contributed by atoms with Crippen LogP contribution in [0.1, 0.15) is 40.5 Å². The lowest BCUT2D eigenvalue weighted by molar-refractivity contribution is -0.141. The summed E-state index contributed by atoms with van der Waals surface area (Å²) in [4.78, 5) is 24.3. The number of hydrogen-bond acceptors (Lipinski definition) is 3. The van der Waals surface area contributed by atoms with Crippen LogP contribution < -0.4 is 0 Å². The number of halogens is 2. The topological polar surface area (TPSA) is 46.6 Å². The van der Waals surface area contributed by atoms with Crippen molar-refractivity contribution in [2.75, 3.05) is 6.54 Å². The van der Waals surface area contributed by atoms with Crippen molar-refractivity contribution in [2.24, 2.45) is 5.92 Å². The molecule has 1 heterocycles. The van der Waals surface area contributed by atoms with Gasteiger partial charge in [0.2, 0.25) is 11.8 Å². The van der Waals surface area contributed by atoms with E-state index in [0.29, 0.717) is 0 Å². The molecule has 1 rings (SSSR count). The first-order valence-corrected chi connectivity index (χ1v) is 5.92. The van der Waals surface area contributed by atoms with E-state index in [9.17, 15) is 18.4 Å². The molecule has 0 bridgehead atoms. The van der Waals surface area contributed by atoms with Crippen molar-refractivity contribution in [3.05, 3.63) is 0 Å². The van der Waals surface area contributed by atoms with Crippen molar-refractivity contribution < 1.29 is 23.1 Å². The maximum absolute atomic E-state index is 13.1. The van der Waals surface area contributed by atoms with Crippen LogP contribution in [-0.2, 0) is 9.53 Å². The standard InChI is InChI=1S/C12H19F2NO3/c1-11(2,3)18-10(17)15-6-5-8(7-9(15)16)12(4,13)14/h8H,5-7H2,1-4H3. The molecule has 6 heteroatoms. The molecule has 2 amide bonds. The summed E-state index contributed by atoms with van der Waals surface area (Å²) in [6.45, 7) is 5.84. The molecule has 0 aliphatic carbocycles. The number of alkyl halides is 2. The number of nitrogens with zero attached hydrogens (tertiary/aromatic N) is 1. The number of likely N-dealkylation sites (tertiary alicyclic amines) is 1. The summed E-state index contributed by atoms with van der Waals surface area (Å²) < 4.78 is 31.2. The molecule has 1 aliphatic rings. The van der Waals surface area contributed by atoms with E-state index in [1.807, 2.05) is 0 Å². The highest BCUT2D eigenvalue weighted by atomic mass is 19.3. The molecule has 0 aromatic heterocycles. The summed E-state index contributed by atoms with van der Waals surface area (Å²) >= 11 is 0. The van der Waals surface area contributed by atoms with Gasteiger partial charge in [0, 0.05) is 18.9 Å². The molecule has 0 radical (unpaired) electrons. The third kappa shape index (κ3) is 3.92. The number of amides is 2. The molecular weight excluding hydrogens is 244 g/mol. The number of hydrogen-bond donors (Lipinski definition) is 0. The van der Waals surface area contributed by atoms with Gasteiger partial charge in [-0.3, -0.25) is 4.79 Å². The second-order valence-corrected chi connectivity index (χ2v) is 5.67. The summed E-state index contributed by atoms with van der Waals surface area (Å²) in [7, 11) is 0. The van der Waals surface area contributed by atoms with Gasteiger partial charge in [-0.25, -0.2) is 18.5 Å². The molecule has 4 nitrogen and oxygen atoms in total. The number of ether oxygens (including phenoxy) is 1. The average Bonchev–Trinajstić information content (AvgIpc) is 2.12. The minimum absolute atomic E-state index is 0.0121. The predicted octanol–water partition coefficient (Wildman–Crippen LogP) is 2.82. The molecule has 18 heavy (non-hydrogen) atoms. The van der Waals surface area contributed by atoms with Crippen LogP contribution in [0.5, 0.6) is 0 Å². The normalized spacial score (nSPS) is 22.0. The molecule has 1 unspecified atom stereocenters. The fourth-order valence-corrected chi connectivity index (χ4v) is 1.78. The molecule has 104 valence electrons. The van der Waals surface area contributed by atoms with E-state index < -0.39 is 29.4 Å². The first-order chi connectivity index (χ1) is 8.00. The lowest BCUT2D eigenvalue weighted by atomic mass is 9.91. The zero-order chi connectivity index (χ0) is 14.1. The second kappa shape index (κ2) is 4.82. The molecule has 0 aromatic carbocycles. The van der Waals surface area contributed by atoms with Gasteiger partial charge in [0.05, 0.1) is 0 Å². The lowest BCUT2D eigenvalue weighted by Gasteiger charge is -2.33. The van der Waals surface area contributed by atoms with E-state index in [0.717, 1.165) is 11.8 Å². The predicted molar refractivity (Wildman–Crippen MR) is 61.3 cm³/mol. The van der Waals surface area contributed by atoms with Crippen LogP contribution in [0, 0.1) is 5.92 Å². The van der Waals surface area contributed by atoms with Crippen LogP contribution in [0.15, 0.2) is 0 Å². The smallest absolute Gasteiger partial charge is 0.417 e. The SMILES string of the molecule is CC(C)(C)OC(=O)N1CCC(C(C)(F)F)CC1=O. The molecule has 0 N–H and O–H groups in total. The van der Waals surface area contributed by atoms with Gasteiger partial charge in [-0.05, 0) is 34.1 Å². The van der Waals surface area contributed by atoms with E-state index >= 15 is 0 Å². The fourth-order valence-electron chi connectivity index (χ4n) is 1.78. The molecular formula is C12H19F2NO3. The monoisotopic (exact) mass is 263 g/mol. The van der Waals surface area contributed by atoms with Crippen molar-refractivity contribution >= 4 is 12.0 Å². The van der Waals surface area contributed by atoms with Crippen molar-refractivity contribution in [1.29, 1.82) is 0 Å². The molecule has 1 aliphatic heterocycles.